The van der Waals surface area contributed by atoms with Gasteiger partial charge in [0, 0.05) is 23.8 Å². The number of carbonyl (C=O) groups excluding carboxylic acids is 1. The third-order valence-electron chi connectivity index (χ3n) is 3.74. The Balaban J connectivity index is 2.13. The fourth-order valence-electron chi connectivity index (χ4n) is 2.54. The first kappa shape index (κ1) is 20.8. The van der Waals surface area contributed by atoms with Gasteiger partial charge in [0.15, 0.2) is 5.82 Å². The summed E-state index contributed by atoms with van der Waals surface area (Å²) in [6.07, 6.45) is 1.52. The Morgan fingerprint density at radius 1 is 1.18 bits per heavy atom. The van der Waals surface area contributed by atoms with Crippen molar-refractivity contribution in [3.8, 4) is 5.82 Å². The van der Waals surface area contributed by atoms with Crippen LogP contribution >= 0.6 is 55.1 Å². The topological polar surface area (TPSA) is 88.3 Å². The second-order valence-corrected chi connectivity index (χ2v) is 8.07. The molecule has 0 aliphatic rings. The van der Waals surface area contributed by atoms with E-state index in [9.17, 15) is 14.7 Å². The van der Waals surface area contributed by atoms with Gasteiger partial charge in [0.05, 0.1) is 21.3 Å². The van der Waals surface area contributed by atoms with E-state index < -0.39 is 11.9 Å². The van der Waals surface area contributed by atoms with Crippen LogP contribution in [-0.4, -0.2) is 38.8 Å². The largest absolute Gasteiger partial charge is 0.478 e. The number of aromatic nitrogens is 3. The van der Waals surface area contributed by atoms with Gasteiger partial charge in [-0.1, -0.05) is 39.1 Å². The molecule has 0 saturated carbocycles. The first-order valence-electron chi connectivity index (χ1n) is 7.57. The number of carbonyl (C=O) groups is 2. The highest BCUT2D eigenvalue weighted by Crippen LogP contribution is 2.34. The number of anilines is 1. The van der Waals surface area contributed by atoms with Gasteiger partial charge >= 0.3 is 5.97 Å². The second-order valence-electron chi connectivity index (χ2n) is 5.53. The molecule has 1 N–H and O–H groups in total. The third kappa shape index (κ3) is 3.93. The van der Waals surface area contributed by atoms with Crippen LogP contribution in [0.15, 0.2) is 45.6 Å². The van der Waals surface area contributed by atoms with Crippen LogP contribution in [0.25, 0.3) is 5.82 Å². The van der Waals surface area contributed by atoms with Gasteiger partial charge in [0.1, 0.15) is 10.3 Å². The normalized spacial score (nSPS) is 10.8. The maximum absolute atomic E-state index is 13.2. The fourth-order valence-corrected chi connectivity index (χ4v) is 4.06. The fraction of sp³-hybridized carbons (Fsp3) is 0.0588. The van der Waals surface area contributed by atoms with Crippen molar-refractivity contribution >= 4 is 72.6 Å². The predicted octanol–water partition coefficient (Wildman–Crippen LogP) is 5.07. The highest BCUT2D eigenvalue weighted by Gasteiger charge is 2.27. The SMILES string of the molecule is CN(C(=O)c1cc(Br)nn1-c1ncccc1Cl)c1c(Cl)cc(Br)cc1C(=O)O. The minimum atomic E-state index is -1.22. The Morgan fingerprint density at radius 3 is 2.54 bits per heavy atom. The maximum atomic E-state index is 13.2. The molecule has 0 aliphatic heterocycles. The molecule has 0 saturated heterocycles. The van der Waals surface area contributed by atoms with Crippen LogP contribution < -0.4 is 4.90 Å². The summed E-state index contributed by atoms with van der Waals surface area (Å²) in [5.74, 6) is -1.51. The molecule has 144 valence electrons. The Morgan fingerprint density at radius 2 is 1.89 bits per heavy atom. The van der Waals surface area contributed by atoms with Gasteiger partial charge in [-0.3, -0.25) is 4.79 Å². The summed E-state index contributed by atoms with van der Waals surface area (Å²) in [7, 11) is 1.43. The highest BCUT2D eigenvalue weighted by molar-refractivity contribution is 9.10. The number of amides is 1. The van der Waals surface area contributed by atoms with Crippen molar-refractivity contribution < 1.29 is 14.7 Å². The Kier molecular flexibility index (Phi) is 6.09. The molecule has 2 heterocycles. The lowest BCUT2D eigenvalue weighted by Gasteiger charge is -2.21. The van der Waals surface area contributed by atoms with Crippen molar-refractivity contribution in [2.24, 2.45) is 0 Å². The van der Waals surface area contributed by atoms with E-state index in [4.69, 9.17) is 23.2 Å². The summed E-state index contributed by atoms with van der Waals surface area (Å²) in [6.45, 7) is 0. The minimum absolute atomic E-state index is 0.0540. The van der Waals surface area contributed by atoms with E-state index in [2.05, 4.69) is 41.9 Å². The van der Waals surface area contributed by atoms with Crippen LogP contribution in [0.3, 0.4) is 0 Å². The summed E-state index contributed by atoms with van der Waals surface area (Å²) in [4.78, 5) is 30.2. The van der Waals surface area contributed by atoms with E-state index in [0.29, 0.717) is 14.1 Å². The molecule has 1 aromatic carbocycles. The van der Waals surface area contributed by atoms with E-state index in [1.54, 1.807) is 12.1 Å². The standard InChI is InChI=1S/C17H10Br2Cl2N4O3/c1-24(14-9(17(27)28)5-8(18)6-11(14)21)16(26)12-7-13(19)23-25(12)15-10(20)3-2-4-22-15/h2-7H,1H3,(H,27,28). The zero-order valence-corrected chi connectivity index (χ0v) is 18.7. The number of hydrogen-bond acceptors (Lipinski definition) is 4. The van der Waals surface area contributed by atoms with Crippen LogP contribution in [0.1, 0.15) is 20.8 Å². The summed E-state index contributed by atoms with van der Waals surface area (Å²) in [6, 6.07) is 7.63. The number of hydrogen-bond donors (Lipinski definition) is 1. The van der Waals surface area contributed by atoms with Crippen molar-refractivity contribution in [2.45, 2.75) is 0 Å². The number of carboxylic acid groups (broad SMARTS) is 1. The molecular formula is C17H10Br2Cl2N4O3. The Labute approximate surface area is 186 Å². The number of nitrogens with zero attached hydrogens (tertiary/aromatic N) is 4. The maximum Gasteiger partial charge on any atom is 0.337 e. The average Bonchev–Trinajstić information content (AvgIpc) is 3.01. The van der Waals surface area contributed by atoms with Gasteiger partial charge in [-0.25, -0.2) is 14.5 Å². The molecule has 11 heteroatoms. The van der Waals surface area contributed by atoms with Gasteiger partial charge in [-0.05, 0) is 40.2 Å². The van der Waals surface area contributed by atoms with Gasteiger partial charge in [-0.2, -0.15) is 5.10 Å². The molecule has 0 aliphatic carbocycles. The third-order valence-corrected chi connectivity index (χ3v) is 5.17. The smallest absolute Gasteiger partial charge is 0.337 e. The molecular weight excluding hydrogens is 539 g/mol. The Hall–Kier alpha value is -1.94. The number of pyridine rings is 1. The van der Waals surface area contributed by atoms with E-state index in [1.165, 1.54) is 36.1 Å². The number of rotatable bonds is 4. The summed E-state index contributed by atoms with van der Waals surface area (Å²) in [5, 5.41) is 14.1. The lowest BCUT2D eigenvalue weighted by molar-refractivity contribution is 0.0697. The average molecular weight is 549 g/mol. The molecule has 0 atom stereocenters. The van der Waals surface area contributed by atoms with Crippen LogP contribution in [0.4, 0.5) is 5.69 Å². The van der Waals surface area contributed by atoms with Crippen molar-refractivity contribution in [3.05, 3.63) is 66.9 Å². The van der Waals surface area contributed by atoms with Crippen molar-refractivity contribution in [3.63, 3.8) is 0 Å². The highest BCUT2D eigenvalue weighted by atomic mass is 79.9. The number of benzene rings is 1. The van der Waals surface area contributed by atoms with Crippen LogP contribution in [-0.2, 0) is 0 Å². The summed E-state index contributed by atoms with van der Waals surface area (Å²) in [5.41, 5.74) is 0.0416. The molecule has 0 unspecified atom stereocenters. The molecule has 0 bridgehead atoms. The van der Waals surface area contributed by atoms with E-state index in [1.807, 2.05) is 0 Å². The van der Waals surface area contributed by atoms with Crippen molar-refractivity contribution in [1.82, 2.24) is 14.8 Å². The molecule has 0 spiro atoms. The van der Waals surface area contributed by atoms with Gasteiger partial charge < -0.3 is 10.0 Å². The second kappa shape index (κ2) is 8.20. The summed E-state index contributed by atoms with van der Waals surface area (Å²) >= 11 is 18.9. The molecule has 1 amide bonds. The first-order chi connectivity index (χ1) is 13.2. The van der Waals surface area contributed by atoms with E-state index >= 15 is 0 Å². The number of aromatic carboxylic acids is 1. The van der Waals surface area contributed by atoms with Gasteiger partial charge in [-0.15, -0.1) is 0 Å². The molecule has 7 nitrogen and oxygen atoms in total. The number of halogens is 4. The minimum Gasteiger partial charge on any atom is -0.478 e. The zero-order valence-electron chi connectivity index (χ0n) is 14.0. The zero-order chi connectivity index (χ0) is 20.6. The molecule has 3 aromatic rings. The van der Waals surface area contributed by atoms with Crippen LogP contribution in [0.5, 0.6) is 0 Å². The predicted molar refractivity (Wildman–Crippen MR) is 113 cm³/mol. The Bertz CT molecular complexity index is 1100. The quantitative estimate of drug-likeness (QED) is 0.491. The lowest BCUT2D eigenvalue weighted by atomic mass is 10.1. The lowest BCUT2D eigenvalue weighted by Crippen LogP contribution is -2.30. The summed E-state index contributed by atoms with van der Waals surface area (Å²) < 4.78 is 2.14. The molecule has 0 radical (unpaired) electrons. The van der Waals surface area contributed by atoms with Gasteiger partial charge in [0.25, 0.3) is 5.91 Å². The molecule has 28 heavy (non-hydrogen) atoms. The van der Waals surface area contributed by atoms with E-state index in [0.717, 1.165) is 4.90 Å². The van der Waals surface area contributed by atoms with Crippen LogP contribution in [0, 0.1) is 0 Å². The number of carboxylic acids is 1. The molecule has 3 rings (SSSR count). The van der Waals surface area contributed by atoms with Crippen molar-refractivity contribution in [1.29, 1.82) is 0 Å². The van der Waals surface area contributed by atoms with Gasteiger partial charge in [0.2, 0.25) is 0 Å². The van der Waals surface area contributed by atoms with Crippen molar-refractivity contribution in [2.75, 3.05) is 11.9 Å². The monoisotopic (exact) mass is 546 g/mol. The van der Waals surface area contributed by atoms with Crippen LogP contribution in [0.2, 0.25) is 10.0 Å². The molecule has 2 aromatic heterocycles. The van der Waals surface area contributed by atoms with E-state index in [-0.39, 0.29) is 27.8 Å². The molecule has 0 fully saturated rings. The first-order valence-corrected chi connectivity index (χ1v) is 9.91.